The maximum Gasteiger partial charge on any atom is 0.313 e. The third-order valence-electron chi connectivity index (χ3n) is 4.71. The molecule has 0 atom stereocenters. The van der Waals surface area contributed by atoms with E-state index in [4.69, 9.17) is 0 Å². The van der Waals surface area contributed by atoms with E-state index in [2.05, 4.69) is 20.9 Å². The molecule has 7 nitrogen and oxygen atoms in total. The zero-order valence-electron chi connectivity index (χ0n) is 16.1. The summed E-state index contributed by atoms with van der Waals surface area (Å²) in [6.07, 6.45) is 0. The van der Waals surface area contributed by atoms with Crippen molar-refractivity contribution >= 4 is 45.1 Å². The number of para-hydroxylation sites is 1. The van der Waals surface area contributed by atoms with Gasteiger partial charge in [-0.05, 0) is 23.6 Å². The van der Waals surface area contributed by atoms with E-state index in [1.807, 2.05) is 60.7 Å². The number of carbonyl (C=O) groups is 3. The fourth-order valence-corrected chi connectivity index (χ4v) is 3.24. The molecule has 0 aliphatic heterocycles. The van der Waals surface area contributed by atoms with Crippen LogP contribution in [0.5, 0.6) is 0 Å². The predicted molar refractivity (Wildman–Crippen MR) is 116 cm³/mol. The van der Waals surface area contributed by atoms with E-state index >= 15 is 0 Å². The number of carbonyl (C=O) groups excluding carboxylic acids is 3. The van der Waals surface area contributed by atoms with Gasteiger partial charge in [0.15, 0.2) is 0 Å². The first-order chi connectivity index (χ1) is 14.6. The molecule has 4 N–H and O–H groups in total. The van der Waals surface area contributed by atoms with Crippen LogP contribution in [0.3, 0.4) is 0 Å². The van der Waals surface area contributed by atoms with Crippen molar-refractivity contribution in [2.24, 2.45) is 0 Å². The van der Waals surface area contributed by atoms with Gasteiger partial charge in [0.2, 0.25) is 0 Å². The Bertz CT molecular complexity index is 1210. The molecule has 0 spiro atoms. The number of benzene rings is 3. The molecule has 1 aromatic heterocycles. The SMILES string of the molecule is O=C(NCCNC(=O)c1cc2ccccc2[nH]1)C(=O)Nc1cccc2ccccc12. The maximum absolute atomic E-state index is 12.2. The Morgan fingerprint density at radius 1 is 0.733 bits per heavy atom. The van der Waals surface area contributed by atoms with Crippen LogP contribution in [0.2, 0.25) is 0 Å². The van der Waals surface area contributed by atoms with Crippen molar-refractivity contribution in [1.82, 2.24) is 15.6 Å². The van der Waals surface area contributed by atoms with E-state index in [1.54, 1.807) is 12.1 Å². The Balaban J connectivity index is 1.27. The summed E-state index contributed by atoms with van der Waals surface area (Å²) in [5.41, 5.74) is 1.89. The average Bonchev–Trinajstić information content (AvgIpc) is 3.21. The first kappa shape index (κ1) is 19.2. The fraction of sp³-hybridized carbons (Fsp3) is 0.0870. The quantitative estimate of drug-likeness (QED) is 0.306. The Hall–Kier alpha value is -4.13. The zero-order chi connectivity index (χ0) is 20.9. The molecule has 0 bridgehead atoms. The minimum absolute atomic E-state index is 0.133. The smallest absolute Gasteiger partial charge is 0.313 e. The van der Waals surface area contributed by atoms with E-state index in [0.29, 0.717) is 11.4 Å². The maximum atomic E-state index is 12.2. The van der Waals surface area contributed by atoms with Crippen molar-refractivity contribution in [3.8, 4) is 0 Å². The van der Waals surface area contributed by atoms with Crippen LogP contribution in [0.15, 0.2) is 72.8 Å². The highest BCUT2D eigenvalue weighted by atomic mass is 16.2. The van der Waals surface area contributed by atoms with Crippen molar-refractivity contribution in [2.75, 3.05) is 18.4 Å². The average molecular weight is 400 g/mol. The van der Waals surface area contributed by atoms with Crippen LogP contribution in [0.1, 0.15) is 10.5 Å². The van der Waals surface area contributed by atoms with E-state index in [9.17, 15) is 14.4 Å². The number of hydrogen-bond acceptors (Lipinski definition) is 3. The van der Waals surface area contributed by atoms with Crippen molar-refractivity contribution < 1.29 is 14.4 Å². The Kier molecular flexibility index (Phi) is 5.43. The second kappa shape index (κ2) is 8.48. The number of amides is 3. The number of aromatic nitrogens is 1. The molecular formula is C23H20N4O3. The molecule has 3 amide bonds. The third kappa shape index (κ3) is 4.15. The molecule has 30 heavy (non-hydrogen) atoms. The van der Waals surface area contributed by atoms with E-state index < -0.39 is 11.8 Å². The summed E-state index contributed by atoms with van der Waals surface area (Å²) in [5.74, 6) is -1.79. The van der Waals surface area contributed by atoms with Gasteiger partial charge in [-0.1, -0.05) is 54.6 Å². The molecule has 0 aliphatic carbocycles. The molecule has 4 rings (SSSR count). The van der Waals surface area contributed by atoms with Crippen molar-refractivity contribution in [3.63, 3.8) is 0 Å². The molecule has 1 heterocycles. The molecule has 0 saturated heterocycles. The molecule has 0 radical (unpaired) electrons. The van der Waals surface area contributed by atoms with Crippen LogP contribution >= 0.6 is 0 Å². The summed E-state index contributed by atoms with van der Waals surface area (Å²) in [6.45, 7) is 0.329. The first-order valence-corrected chi connectivity index (χ1v) is 9.55. The molecule has 150 valence electrons. The topological polar surface area (TPSA) is 103 Å². The largest absolute Gasteiger partial charge is 0.351 e. The van der Waals surface area contributed by atoms with Crippen LogP contribution in [0, 0.1) is 0 Å². The van der Waals surface area contributed by atoms with Gasteiger partial charge in [-0.25, -0.2) is 0 Å². The number of fused-ring (bicyclic) bond motifs is 2. The van der Waals surface area contributed by atoms with Gasteiger partial charge in [0, 0.05) is 35.1 Å². The molecular weight excluding hydrogens is 380 g/mol. The Morgan fingerprint density at radius 3 is 2.27 bits per heavy atom. The summed E-state index contributed by atoms with van der Waals surface area (Å²) in [4.78, 5) is 39.5. The summed E-state index contributed by atoms with van der Waals surface area (Å²) in [6, 6.07) is 22.4. The highest BCUT2D eigenvalue weighted by Gasteiger charge is 2.15. The lowest BCUT2D eigenvalue weighted by Gasteiger charge is -2.09. The molecule has 0 fully saturated rings. The highest BCUT2D eigenvalue weighted by Crippen LogP contribution is 2.22. The second-order valence-electron chi connectivity index (χ2n) is 6.76. The third-order valence-corrected chi connectivity index (χ3v) is 4.71. The molecule has 0 aliphatic rings. The number of rotatable bonds is 5. The van der Waals surface area contributed by atoms with E-state index in [0.717, 1.165) is 21.7 Å². The number of anilines is 1. The van der Waals surface area contributed by atoms with E-state index in [1.165, 1.54) is 0 Å². The monoisotopic (exact) mass is 400 g/mol. The zero-order valence-corrected chi connectivity index (χ0v) is 16.1. The first-order valence-electron chi connectivity index (χ1n) is 9.55. The number of hydrogen-bond donors (Lipinski definition) is 4. The summed E-state index contributed by atoms with van der Waals surface area (Å²) in [7, 11) is 0. The van der Waals surface area contributed by atoms with Gasteiger partial charge in [0.1, 0.15) is 5.69 Å². The Labute approximate surface area is 172 Å². The Morgan fingerprint density at radius 2 is 1.43 bits per heavy atom. The molecule has 4 aromatic rings. The number of aromatic amines is 1. The van der Waals surface area contributed by atoms with Gasteiger partial charge in [-0.2, -0.15) is 0 Å². The normalized spacial score (nSPS) is 10.7. The lowest BCUT2D eigenvalue weighted by atomic mass is 10.1. The van der Waals surface area contributed by atoms with Crippen LogP contribution < -0.4 is 16.0 Å². The number of H-pyrrole nitrogens is 1. The van der Waals surface area contributed by atoms with Crippen LogP contribution in [0.25, 0.3) is 21.7 Å². The van der Waals surface area contributed by atoms with Crippen LogP contribution in [0.4, 0.5) is 5.69 Å². The van der Waals surface area contributed by atoms with Crippen molar-refractivity contribution in [3.05, 3.63) is 78.5 Å². The predicted octanol–water partition coefficient (Wildman–Crippen LogP) is 2.81. The fourth-order valence-electron chi connectivity index (χ4n) is 3.24. The molecule has 3 aromatic carbocycles. The highest BCUT2D eigenvalue weighted by molar-refractivity contribution is 6.40. The van der Waals surface area contributed by atoms with Crippen LogP contribution in [-0.2, 0) is 9.59 Å². The van der Waals surface area contributed by atoms with Gasteiger partial charge >= 0.3 is 11.8 Å². The molecule has 0 saturated carbocycles. The van der Waals surface area contributed by atoms with Gasteiger partial charge in [-0.3, -0.25) is 14.4 Å². The van der Waals surface area contributed by atoms with Gasteiger partial charge in [-0.15, -0.1) is 0 Å². The number of nitrogens with one attached hydrogen (secondary N) is 4. The molecule has 0 unspecified atom stereocenters. The standard InChI is InChI=1S/C23H20N4O3/c28-21(20-14-16-7-2-4-10-18(16)26-20)24-12-13-25-22(29)23(30)27-19-11-5-8-15-6-1-3-9-17(15)19/h1-11,14,26H,12-13H2,(H,24,28)(H,25,29)(H,27,30). The van der Waals surface area contributed by atoms with Gasteiger partial charge in [0.05, 0.1) is 0 Å². The summed E-state index contributed by atoms with van der Waals surface area (Å²) >= 11 is 0. The van der Waals surface area contributed by atoms with E-state index in [-0.39, 0.29) is 19.0 Å². The summed E-state index contributed by atoms with van der Waals surface area (Å²) < 4.78 is 0. The molecule has 7 heteroatoms. The van der Waals surface area contributed by atoms with Crippen molar-refractivity contribution in [1.29, 1.82) is 0 Å². The summed E-state index contributed by atoms with van der Waals surface area (Å²) in [5, 5.41) is 10.6. The minimum Gasteiger partial charge on any atom is -0.351 e. The lowest BCUT2D eigenvalue weighted by Crippen LogP contribution is -2.40. The minimum atomic E-state index is -0.761. The van der Waals surface area contributed by atoms with Crippen LogP contribution in [-0.4, -0.2) is 35.8 Å². The van der Waals surface area contributed by atoms with Gasteiger partial charge < -0.3 is 20.9 Å². The van der Waals surface area contributed by atoms with Gasteiger partial charge in [0.25, 0.3) is 5.91 Å². The van der Waals surface area contributed by atoms with Crippen molar-refractivity contribution in [2.45, 2.75) is 0 Å². The lowest BCUT2D eigenvalue weighted by molar-refractivity contribution is -0.136. The second-order valence-corrected chi connectivity index (χ2v) is 6.76.